The van der Waals surface area contributed by atoms with Crippen LogP contribution in [0.5, 0.6) is 0 Å². The molecule has 2 unspecified atom stereocenters. The highest BCUT2D eigenvalue weighted by atomic mass is 14.9. The molecule has 1 saturated heterocycles. The van der Waals surface area contributed by atoms with E-state index in [9.17, 15) is 0 Å². The second-order valence-corrected chi connectivity index (χ2v) is 3.03. The predicted molar refractivity (Wildman–Crippen MR) is 42.1 cm³/mol. The Labute approximate surface area is 61.5 Å². The van der Waals surface area contributed by atoms with Gasteiger partial charge in [-0.05, 0) is 18.9 Å². The standard InChI is InChI=1S/C7H15N3/c1-5-2-3-10-4-6(5)7(8)9/h5-6,10H,2-4H2,1H3,(H3,8,9). The topological polar surface area (TPSA) is 61.9 Å². The number of piperidine rings is 1. The zero-order chi connectivity index (χ0) is 7.56. The van der Waals surface area contributed by atoms with Crippen LogP contribution in [-0.2, 0) is 0 Å². The smallest absolute Gasteiger partial charge is 0.0952 e. The highest BCUT2D eigenvalue weighted by Crippen LogP contribution is 2.17. The minimum Gasteiger partial charge on any atom is -0.387 e. The third-order valence-electron chi connectivity index (χ3n) is 2.23. The molecular formula is C7H15N3. The van der Waals surface area contributed by atoms with Gasteiger partial charge in [0.05, 0.1) is 5.84 Å². The summed E-state index contributed by atoms with van der Waals surface area (Å²) in [7, 11) is 0. The number of nitrogens with one attached hydrogen (secondary N) is 2. The van der Waals surface area contributed by atoms with Crippen LogP contribution in [0.25, 0.3) is 0 Å². The van der Waals surface area contributed by atoms with Gasteiger partial charge in [-0.1, -0.05) is 6.92 Å². The molecule has 1 rings (SSSR count). The van der Waals surface area contributed by atoms with Crippen LogP contribution in [-0.4, -0.2) is 18.9 Å². The Hall–Kier alpha value is -0.570. The summed E-state index contributed by atoms with van der Waals surface area (Å²) >= 11 is 0. The zero-order valence-electron chi connectivity index (χ0n) is 6.35. The van der Waals surface area contributed by atoms with Gasteiger partial charge in [0, 0.05) is 12.5 Å². The fourth-order valence-electron chi connectivity index (χ4n) is 1.41. The van der Waals surface area contributed by atoms with E-state index in [0.717, 1.165) is 19.5 Å². The molecule has 1 aliphatic rings. The average molecular weight is 141 g/mol. The minimum atomic E-state index is 0.272. The van der Waals surface area contributed by atoms with Gasteiger partial charge in [0.15, 0.2) is 0 Å². The molecule has 2 atom stereocenters. The molecule has 1 heterocycles. The van der Waals surface area contributed by atoms with Gasteiger partial charge in [-0.3, -0.25) is 5.41 Å². The molecule has 3 heteroatoms. The number of nitrogens with two attached hydrogens (primary N) is 1. The molecule has 0 aromatic carbocycles. The predicted octanol–water partition coefficient (Wildman–Crippen LogP) is 0.168. The van der Waals surface area contributed by atoms with E-state index in [4.69, 9.17) is 11.1 Å². The molecule has 0 bridgehead atoms. The number of hydrogen-bond acceptors (Lipinski definition) is 2. The Morgan fingerprint density at radius 3 is 2.80 bits per heavy atom. The first-order valence-corrected chi connectivity index (χ1v) is 3.76. The number of rotatable bonds is 1. The van der Waals surface area contributed by atoms with Crippen molar-refractivity contribution in [3.63, 3.8) is 0 Å². The Bertz CT molecular complexity index is 133. The lowest BCUT2D eigenvalue weighted by Crippen LogP contribution is -2.42. The van der Waals surface area contributed by atoms with Crippen LogP contribution in [0.3, 0.4) is 0 Å². The van der Waals surface area contributed by atoms with Gasteiger partial charge >= 0.3 is 0 Å². The van der Waals surface area contributed by atoms with E-state index in [1.807, 2.05) is 0 Å². The van der Waals surface area contributed by atoms with Gasteiger partial charge in [-0.15, -0.1) is 0 Å². The minimum absolute atomic E-state index is 0.272. The molecule has 0 amide bonds. The summed E-state index contributed by atoms with van der Waals surface area (Å²) in [4.78, 5) is 0. The lowest BCUT2D eigenvalue weighted by atomic mass is 9.87. The van der Waals surface area contributed by atoms with E-state index in [-0.39, 0.29) is 5.92 Å². The van der Waals surface area contributed by atoms with Gasteiger partial charge in [-0.25, -0.2) is 0 Å². The second kappa shape index (κ2) is 3.01. The van der Waals surface area contributed by atoms with Crippen molar-refractivity contribution in [2.45, 2.75) is 13.3 Å². The normalized spacial score (nSPS) is 33.7. The molecule has 1 aliphatic heterocycles. The van der Waals surface area contributed by atoms with Crippen LogP contribution in [0.1, 0.15) is 13.3 Å². The molecule has 4 N–H and O–H groups in total. The van der Waals surface area contributed by atoms with Crippen molar-refractivity contribution < 1.29 is 0 Å². The zero-order valence-corrected chi connectivity index (χ0v) is 6.35. The van der Waals surface area contributed by atoms with E-state index < -0.39 is 0 Å². The van der Waals surface area contributed by atoms with Crippen LogP contribution in [0, 0.1) is 17.2 Å². The summed E-state index contributed by atoms with van der Waals surface area (Å²) in [5.41, 5.74) is 5.40. The van der Waals surface area contributed by atoms with Crippen LogP contribution < -0.4 is 11.1 Å². The maximum absolute atomic E-state index is 7.26. The van der Waals surface area contributed by atoms with Gasteiger partial charge in [0.1, 0.15) is 0 Å². The largest absolute Gasteiger partial charge is 0.387 e. The Morgan fingerprint density at radius 2 is 2.40 bits per heavy atom. The molecule has 3 nitrogen and oxygen atoms in total. The van der Waals surface area contributed by atoms with Crippen molar-refractivity contribution in [1.82, 2.24) is 5.32 Å². The second-order valence-electron chi connectivity index (χ2n) is 3.03. The number of amidine groups is 1. The maximum atomic E-state index is 7.26. The fourth-order valence-corrected chi connectivity index (χ4v) is 1.41. The van der Waals surface area contributed by atoms with E-state index in [1.54, 1.807) is 0 Å². The van der Waals surface area contributed by atoms with Gasteiger partial charge in [0.25, 0.3) is 0 Å². The molecule has 0 saturated carbocycles. The third kappa shape index (κ3) is 1.48. The molecule has 0 spiro atoms. The summed E-state index contributed by atoms with van der Waals surface area (Å²) in [5.74, 6) is 1.19. The Balaban J connectivity index is 2.47. The van der Waals surface area contributed by atoms with E-state index in [1.165, 1.54) is 0 Å². The van der Waals surface area contributed by atoms with Crippen molar-refractivity contribution in [2.24, 2.45) is 17.6 Å². The first kappa shape index (κ1) is 7.54. The first-order chi connectivity index (χ1) is 4.72. The van der Waals surface area contributed by atoms with E-state index in [0.29, 0.717) is 11.8 Å². The fraction of sp³-hybridized carbons (Fsp3) is 0.857. The van der Waals surface area contributed by atoms with Crippen LogP contribution in [0.2, 0.25) is 0 Å². The Kier molecular flexibility index (Phi) is 2.27. The number of hydrogen-bond donors (Lipinski definition) is 3. The molecule has 0 aromatic rings. The van der Waals surface area contributed by atoms with Crippen molar-refractivity contribution in [3.05, 3.63) is 0 Å². The first-order valence-electron chi connectivity index (χ1n) is 3.76. The molecule has 0 radical (unpaired) electrons. The van der Waals surface area contributed by atoms with Gasteiger partial charge in [-0.2, -0.15) is 0 Å². The summed E-state index contributed by atoms with van der Waals surface area (Å²) < 4.78 is 0. The average Bonchev–Trinajstić information content (AvgIpc) is 1.88. The summed E-state index contributed by atoms with van der Waals surface area (Å²) in [6.45, 7) is 4.12. The van der Waals surface area contributed by atoms with Crippen LogP contribution >= 0.6 is 0 Å². The van der Waals surface area contributed by atoms with Crippen molar-refractivity contribution in [2.75, 3.05) is 13.1 Å². The summed E-state index contributed by atoms with van der Waals surface area (Å²) in [6, 6.07) is 0. The third-order valence-corrected chi connectivity index (χ3v) is 2.23. The highest BCUT2D eigenvalue weighted by Gasteiger charge is 2.22. The molecule has 1 fully saturated rings. The van der Waals surface area contributed by atoms with Crippen molar-refractivity contribution in [3.8, 4) is 0 Å². The molecule has 58 valence electrons. The quantitative estimate of drug-likeness (QED) is 0.360. The maximum Gasteiger partial charge on any atom is 0.0952 e. The van der Waals surface area contributed by atoms with Crippen LogP contribution in [0.4, 0.5) is 0 Å². The monoisotopic (exact) mass is 141 g/mol. The van der Waals surface area contributed by atoms with Crippen LogP contribution in [0.15, 0.2) is 0 Å². The van der Waals surface area contributed by atoms with Crippen molar-refractivity contribution >= 4 is 5.84 Å². The Morgan fingerprint density at radius 1 is 1.70 bits per heavy atom. The lowest BCUT2D eigenvalue weighted by molar-refractivity contribution is 0.340. The van der Waals surface area contributed by atoms with Crippen molar-refractivity contribution in [1.29, 1.82) is 5.41 Å². The molecule has 10 heavy (non-hydrogen) atoms. The van der Waals surface area contributed by atoms with Gasteiger partial charge < -0.3 is 11.1 Å². The highest BCUT2D eigenvalue weighted by molar-refractivity contribution is 5.80. The van der Waals surface area contributed by atoms with E-state index >= 15 is 0 Å². The molecular weight excluding hydrogens is 126 g/mol. The lowest BCUT2D eigenvalue weighted by Gasteiger charge is -2.28. The molecule has 0 aromatic heterocycles. The van der Waals surface area contributed by atoms with E-state index in [2.05, 4.69) is 12.2 Å². The summed E-state index contributed by atoms with van der Waals surface area (Å²) in [5, 5.41) is 10.5. The molecule has 0 aliphatic carbocycles. The SMILES string of the molecule is CC1CCNCC1C(=N)N. The van der Waals surface area contributed by atoms with Gasteiger partial charge in [0.2, 0.25) is 0 Å². The summed E-state index contributed by atoms with van der Waals surface area (Å²) in [6.07, 6.45) is 1.14.